The Balaban J connectivity index is 1.44. The molecule has 0 aliphatic carbocycles. The number of carbonyl (C=O) groups excluding carboxylic acids is 1. The fraction of sp³-hybridized carbons (Fsp3) is 0.207. The molecule has 0 atom stereocenters. The first kappa shape index (κ1) is 24.4. The van der Waals surface area contributed by atoms with Crippen LogP contribution in [0.3, 0.4) is 0 Å². The summed E-state index contributed by atoms with van der Waals surface area (Å²) in [6.45, 7) is 6.87. The van der Waals surface area contributed by atoms with Gasteiger partial charge >= 0.3 is 0 Å². The van der Waals surface area contributed by atoms with Crippen molar-refractivity contribution in [2.24, 2.45) is 0 Å². The third-order valence-electron chi connectivity index (χ3n) is 6.65. The lowest BCUT2D eigenvalue weighted by molar-refractivity contribution is -0.111. The lowest BCUT2D eigenvalue weighted by atomic mass is 9.96. The van der Waals surface area contributed by atoms with Gasteiger partial charge in [-0.25, -0.2) is 14.4 Å². The summed E-state index contributed by atoms with van der Waals surface area (Å²) < 4.78 is 14.2. The molecule has 0 radical (unpaired) electrons. The van der Waals surface area contributed by atoms with Crippen molar-refractivity contribution >= 4 is 39.8 Å². The Morgan fingerprint density at radius 1 is 1.03 bits per heavy atom. The number of carbonyl (C=O) groups is 1. The van der Waals surface area contributed by atoms with Crippen LogP contribution in [0, 0.1) is 0 Å². The number of likely N-dealkylation sites (N-methyl/N-ethyl adjacent to an activating group) is 1. The number of halogens is 1. The quantitative estimate of drug-likeness (QED) is 0.335. The van der Waals surface area contributed by atoms with Crippen LogP contribution in [-0.2, 0) is 11.5 Å². The van der Waals surface area contributed by atoms with E-state index < -0.39 is 12.6 Å². The molecule has 8 heteroatoms. The van der Waals surface area contributed by atoms with Crippen LogP contribution < -0.4 is 15.5 Å². The second-order valence-corrected chi connectivity index (χ2v) is 9.06. The molecule has 1 aromatic heterocycles. The summed E-state index contributed by atoms with van der Waals surface area (Å²) in [6, 6.07) is 19.3. The first-order valence-corrected chi connectivity index (χ1v) is 12.2. The maximum Gasteiger partial charge on any atom is 0.247 e. The minimum Gasteiger partial charge on any atom is -0.369 e. The van der Waals surface area contributed by atoms with Crippen LogP contribution in [0.5, 0.6) is 0 Å². The third-order valence-corrected chi connectivity index (χ3v) is 6.65. The zero-order chi connectivity index (χ0) is 25.8. The SMILES string of the molecule is C=CC(=O)Nc1cccc(-c2cccc3cnc(Nc4ccc(N5CCN(C)CC5)cc4)nc23)c1CF. The molecular formula is C29H29FN6O. The summed E-state index contributed by atoms with van der Waals surface area (Å²) in [5.41, 5.74) is 4.99. The Kier molecular flexibility index (Phi) is 7.09. The normalized spacial score (nSPS) is 13.9. The van der Waals surface area contributed by atoms with E-state index in [9.17, 15) is 9.18 Å². The van der Waals surface area contributed by atoms with Crippen molar-refractivity contribution in [2.75, 3.05) is 48.8 Å². The highest BCUT2D eigenvalue weighted by molar-refractivity contribution is 6.01. The number of aromatic nitrogens is 2. The second-order valence-electron chi connectivity index (χ2n) is 9.06. The van der Waals surface area contributed by atoms with E-state index in [0.717, 1.165) is 48.9 Å². The summed E-state index contributed by atoms with van der Waals surface area (Å²) >= 11 is 0. The van der Waals surface area contributed by atoms with E-state index in [4.69, 9.17) is 4.98 Å². The summed E-state index contributed by atoms with van der Waals surface area (Å²) in [5, 5.41) is 6.82. The summed E-state index contributed by atoms with van der Waals surface area (Å²) in [4.78, 5) is 25.9. The van der Waals surface area contributed by atoms with Crippen molar-refractivity contribution in [2.45, 2.75) is 6.67 Å². The average molecular weight is 497 g/mol. The predicted molar refractivity (Wildman–Crippen MR) is 148 cm³/mol. The van der Waals surface area contributed by atoms with Crippen molar-refractivity contribution in [3.63, 3.8) is 0 Å². The van der Waals surface area contributed by atoms with Crippen LogP contribution in [0.2, 0.25) is 0 Å². The molecule has 2 heterocycles. The molecule has 1 saturated heterocycles. The number of piperazine rings is 1. The number of amides is 1. The van der Waals surface area contributed by atoms with Gasteiger partial charge in [0.2, 0.25) is 11.9 Å². The number of fused-ring (bicyclic) bond motifs is 1. The van der Waals surface area contributed by atoms with Gasteiger partial charge in [0, 0.05) is 66.0 Å². The van der Waals surface area contributed by atoms with E-state index in [0.29, 0.717) is 28.3 Å². The van der Waals surface area contributed by atoms with Crippen LogP contribution in [0.1, 0.15) is 5.56 Å². The molecule has 1 amide bonds. The van der Waals surface area contributed by atoms with Gasteiger partial charge in [-0.2, -0.15) is 0 Å². The number of alkyl halides is 1. The molecular weight excluding hydrogens is 467 g/mol. The number of anilines is 4. The highest BCUT2D eigenvalue weighted by atomic mass is 19.1. The third kappa shape index (κ3) is 5.29. The van der Waals surface area contributed by atoms with Crippen molar-refractivity contribution in [3.05, 3.63) is 85.1 Å². The van der Waals surface area contributed by atoms with E-state index >= 15 is 0 Å². The molecule has 3 aromatic carbocycles. The van der Waals surface area contributed by atoms with E-state index in [-0.39, 0.29) is 0 Å². The van der Waals surface area contributed by atoms with Gasteiger partial charge in [0.15, 0.2) is 0 Å². The summed E-state index contributed by atoms with van der Waals surface area (Å²) in [5.74, 6) is 0.0578. The average Bonchev–Trinajstić information content (AvgIpc) is 2.93. The van der Waals surface area contributed by atoms with Crippen molar-refractivity contribution in [3.8, 4) is 11.1 Å². The number of hydrogen-bond donors (Lipinski definition) is 2. The van der Waals surface area contributed by atoms with E-state index in [2.05, 4.69) is 51.2 Å². The van der Waals surface area contributed by atoms with Crippen LogP contribution in [0.4, 0.5) is 27.4 Å². The monoisotopic (exact) mass is 496 g/mol. The van der Waals surface area contributed by atoms with Crippen molar-refractivity contribution in [1.82, 2.24) is 14.9 Å². The smallest absolute Gasteiger partial charge is 0.247 e. The van der Waals surface area contributed by atoms with E-state index in [1.54, 1.807) is 18.3 Å². The Bertz CT molecular complexity index is 1430. The highest BCUT2D eigenvalue weighted by Crippen LogP contribution is 2.34. The Morgan fingerprint density at radius 2 is 1.76 bits per heavy atom. The number of benzene rings is 3. The van der Waals surface area contributed by atoms with Gasteiger partial charge < -0.3 is 20.4 Å². The van der Waals surface area contributed by atoms with E-state index in [1.165, 1.54) is 5.69 Å². The van der Waals surface area contributed by atoms with Crippen molar-refractivity contribution < 1.29 is 9.18 Å². The molecule has 5 rings (SSSR count). The van der Waals surface area contributed by atoms with Gasteiger partial charge in [-0.1, -0.05) is 36.9 Å². The van der Waals surface area contributed by atoms with E-state index in [1.807, 2.05) is 36.4 Å². The molecule has 7 nitrogen and oxygen atoms in total. The fourth-order valence-electron chi connectivity index (χ4n) is 4.57. The summed E-state index contributed by atoms with van der Waals surface area (Å²) in [7, 11) is 2.15. The van der Waals surface area contributed by atoms with Crippen LogP contribution in [0.15, 0.2) is 79.5 Å². The Labute approximate surface area is 215 Å². The number of nitrogens with one attached hydrogen (secondary N) is 2. The minimum atomic E-state index is -0.741. The molecule has 0 unspecified atom stereocenters. The van der Waals surface area contributed by atoms with Gasteiger partial charge in [-0.15, -0.1) is 0 Å². The van der Waals surface area contributed by atoms with Crippen LogP contribution in [-0.4, -0.2) is 54.0 Å². The van der Waals surface area contributed by atoms with Gasteiger partial charge in [0.05, 0.1) is 5.52 Å². The Hall–Kier alpha value is -4.30. The van der Waals surface area contributed by atoms with Gasteiger partial charge in [-0.05, 0) is 49.0 Å². The lowest BCUT2D eigenvalue weighted by Gasteiger charge is -2.34. The fourth-order valence-corrected chi connectivity index (χ4v) is 4.57. The standard InChI is InChI=1S/C29H29FN6O/c1-3-27(37)33-26-9-5-7-23(25(26)18-30)24-8-4-6-20-19-31-29(34-28(20)24)32-21-10-12-22(13-11-21)36-16-14-35(2)15-17-36/h3-13,19H,1,14-18H2,2H3,(H,33,37)(H,31,32,34). The first-order valence-electron chi connectivity index (χ1n) is 12.2. The van der Waals surface area contributed by atoms with Crippen molar-refractivity contribution in [1.29, 1.82) is 0 Å². The zero-order valence-corrected chi connectivity index (χ0v) is 20.7. The van der Waals surface area contributed by atoms with Gasteiger partial charge in [0.1, 0.15) is 6.67 Å². The van der Waals surface area contributed by atoms with Crippen LogP contribution in [0.25, 0.3) is 22.0 Å². The number of nitrogens with zero attached hydrogens (tertiary/aromatic N) is 4. The maximum atomic E-state index is 14.2. The number of para-hydroxylation sites is 1. The topological polar surface area (TPSA) is 73.4 Å². The molecule has 188 valence electrons. The summed E-state index contributed by atoms with van der Waals surface area (Å²) in [6.07, 6.45) is 2.92. The first-order chi connectivity index (χ1) is 18.1. The molecule has 1 aliphatic heterocycles. The van der Waals surface area contributed by atoms with Crippen LogP contribution >= 0.6 is 0 Å². The lowest BCUT2D eigenvalue weighted by Crippen LogP contribution is -2.44. The zero-order valence-electron chi connectivity index (χ0n) is 20.7. The van der Waals surface area contributed by atoms with Gasteiger partial charge in [-0.3, -0.25) is 4.79 Å². The second kappa shape index (κ2) is 10.8. The maximum absolute atomic E-state index is 14.2. The number of hydrogen-bond acceptors (Lipinski definition) is 6. The van der Waals surface area contributed by atoms with Gasteiger partial charge in [0.25, 0.3) is 0 Å². The minimum absolute atomic E-state index is 0.387. The Morgan fingerprint density at radius 3 is 2.49 bits per heavy atom. The largest absolute Gasteiger partial charge is 0.369 e. The molecule has 0 saturated carbocycles. The highest BCUT2D eigenvalue weighted by Gasteiger charge is 2.16. The molecule has 1 aliphatic rings. The molecule has 37 heavy (non-hydrogen) atoms. The predicted octanol–water partition coefficient (Wildman–Crippen LogP) is 5.39. The molecule has 4 aromatic rings. The molecule has 2 N–H and O–H groups in total. The molecule has 0 bridgehead atoms. The molecule has 1 fully saturated rings. The number of rotatable bonds is 7. The molecule has 0 spiro atoms.